The molecule has 0 aromatic carbocycles. The standard InChI is InChI=1S/C24H39N5O11/c30-18(25-7-3-1-2-4-8-29-19(31)5-6-20(29)32)13-27(15-22(35)36)11-9-26(14-21(33)34)10-12-28(16-23(37)38)17-24(39)40/h5-6,23,37-38H,1-4,7-17H2,(H,25,30)(H,33,34)(H,35,36)(H,39,40). The van der Waals surface area contributed by atoms with E-state index in [9.17, 15) is 39.0 Å². The number of aliphatic hydroxyl groups is 2. The van der Waals surface area contributed by atoms with Gasteiger partial charge in [0.05, 0.1) is 26.2 Å². The summed E-state index contributed by atoms with van der Waals surface area (Å²) in [5.41, 5.74) is 0. The van der Waals surface area contributed by atoms with E-state index in [1.54, 1.807) is 0 Å². The largest absolute Gasteiger partial charge is 0.480 e. The van der Waals surface area contributed by atoms with Gasteiger partial charge in [-0.1, -0.05) is 12.8 Å². The SMILES string of the molecule is O=C(O)CN(CCN(CC(=O)O)CC(=O)NCCCCCCN1C(=O)C=CC1=O)CCN(CC(=O)O)CC(O)O. The average Bonchev–Trinajstić information content (AvgIpc) is 3.15. The van der Waals surface area contributed by atoms with Gasteiger partial charge in [-0.25, -0.2) is 0 Å². The lowest BCUT2D eigenvalue weighted by atomic mass is 10.2. The Bertz CT molecular complexity index is 894. The Kier molecular flexibility index (Phi) is 16.2. The van der Waals surface area contributed by atoms with Crippen LogP contribution in [-0.4, -0.2) is 159 Å². The molecule has 16 nitrogen and oxygen atoms in total. The minimum atomic E-state index is -1.78. The zero-order valence-electron chi connectivity index (χ0n) is 22.3. The van der Waals surface area contributed by atoms with Crippen LogP contribution in [0.3, 0.4) is 0 Å². The van der Waals surface area contributed by atoms with Crippen LogP contribution in [0.1, 0.15) is 25.7 Å². The number of aliphatic hydroxyl groups excluding tert-OH is 1. The second-order valence-electron chi connectivity index (χ2n) is 9.31. The van der Waals surface area contributed by atoms with Crippen LogP contribution in [0.2, 0.25) is 0 Å². The molecule has 6 N–H and O–H groups in total. The zero-order valence-corrected chi connectivity index (χ0v) is 22.3. The Hall–Kier alpha value is -3.44. The van der Waals surface area contributed by atoms with Gasteiger partial charge in [0, 0.05) is 58.0 Å². The smallest absolute Gasteiger partial charge is 0.317 e. The number of carboxylic acid groups (broad SMARTS) is 3. The quantitative estimate of drug-likeness (QED) is 0.0408. The summed E-state index contributed by atoms with van der Waals surface area (Å²) in [6, 6.07) is 0. The third-order valence-electron chi connectivity index (χ3n) is 5.86. The van der Waals surface area contributed by atoms with Crippen LogP contribution in [-0.2, 0) is 28.8 Å². The summed E-state index contributed by atoms with van der Waals surface area (Å²) in [6.45, 7) is -1.11. The van der Waals surface area contributed by atoms with Crippen LogP contribution in [0.4, 0.5) is 0 Å². The summed E-state index contributed by atoms with van der Waals surface area (Å²) in [5.74, 6) is -4.59. The second-order valence-corrected chi connectivity index (χ2v) is 9.31. The van der Waals surface area contributed by atoms with E-state index in [1.807, 2.05) is 0 Å². The molecular weight excluding hydrogens is 534 g/mol. The number of amides is 3. The lowest BCUT2D eigenvalue weighted by molar-refractivity contribution is -0.141. The van der Waals surface area contributed by atoms with Gasteiger partial charge in [-0.2, -0.15) is 0 Å². The van der Waals surface area contributed by atoms with E-state index < -0.39 is 49.7 Å². The Morgan fingerprint density at radius 3 is 1.73 bits per heavy atom. The maximum Gasteiger partial charge on any atom is 0.317 e. The first-order valence-corrected chi connectivity index (χ1v) is 12.9. The van der Waals surface area contributed by atoms with E-state index in [2.05, 4.69) is 5.32 Å². The van der Waals surface area contributed by atoms with Crippen LogP contribution in [0.5, 0.6) is 0 Å². The second kappa shape index (κ2) is 18.8. The molecule has 0 spiro atoms. The van der Waals surface area contributed by atoms with Crippen molar-refractivity contribution in [1.29, 1.82) is 0 Å². The summed E-state index contributed by atoms with van der Waals surface area (Å²) >= 11 is 0. The number of nitrogens with zero attached hydrogens (tertiary/aromatic N) is 4. The first kappa shape index (κ1) is 34.6. The van der Waals surface area contributed by atoms with Crippen molar-refractivity contribution in [3.8, 4) is 0 Å². The maximum atomic E-state index is 12.4. The highest BCUT2D eigenvalue weighted by atomic mass is 16.5. The number of carbonyl (C=O) groups is 6. The summed E-state index contributed by atoms with van der Waals surface area (Å²) in [7, 11) is 0. The molecule has 0 radical (unpaired) electrons. The number of unbranched alkanes of at least 4 members (excludes halogenated alkanes) is 3. The van der Waals surface area contributed by atoms with Crippen LogP contribution in [0, 0.1) is 0 Å². The third-order valence-corrected chi connectivity index (χ3v) is 5.86. The minimum absolute atomic E-state index is 0.0121. The lowest BCUT2D eigenvalue weighted by Gasteiger charge is -2.28. The number of aliphatic carboxylic acids is 3. The summed E-state index contributed by atoms with van der Waals surface area (Å²) in [5, 5.41) is 48.4. The first-order chi connectivity index (χ1) is 18.9. The number of imide groups is 1. The number of nitrogens with one attached hydrogen (secondary N) is 1. The highest BCUT2D eigenvalue weighted by Crippen LogP contribution is 2.07. The Morgan fingerprint density at radius 2 is 1.18 bits per heavy atom. The van der Waals surface area contributed by atoms with Gasteiger partial charge in [0.25, 0.3) is 11.8 Å². The van der Waals surface area contributed by atoms with E-state index in [0.29, 0.717) is 25.9 Å². The number of carbonyl (C=O) groups excluding carboxylic acids is 3. The van der Waals surface area contributed by atoms with E-state index >= 15 is 0 Å². The molecule has 0 aromatic heterocycles. The molecule has 0 unspecified atom stereocenters. The lowest BCUT2D eigenvalue weighted by Crippen LogP contribution is -2.46. The fourth-order valence-electron chi connectivity index (χ4n) is 3.98. The molecule has 0 atom stereocenters. The minimum Gasteiger partial charge on any atom is -0.480 e. The van der Waals surface area contributed by atoms with Crippen molar-refractivity contribution in [3.05, 3.63) is 12.2 Å². The van der Waals surface area contributed by atoms with E-state index in [4.69, 9.17) is 15.3 Å². The molecule has 3 amide bonds. The number of hydrogen-bond acceptors (Lipinski definition) is 11. The maximum absolute atomic E-state index is 12.4. The van der Waals surface area contributed by atoms with Gasteiger partial charge in [-0.05, 0) is 12.8 Å². The Morgan fingerprint density at radius 1 is 0.700 bits per heavy atom. The molecular formula is C24H39N5O11. The van der Waals surface area contributed by atoms with E-state index in [1.165, 1.54) is 31.8 Å². The topological polar surface area (TPSA) is 229 Å². The molecule has 16 heteroatoms. The van der Waals surface area contributed by atoms with Crippen molar-refractivity contribution < 1.29 is 54.3 Å². The summed E-state index contributed by atoms with van der Waals surface area (Å²) < 4.78 is 0. The van der Waals surface area contributed by atoms with Gasteiger partial charge in [-0.15, -0.1) is 0 Å². The molecule has 1 rings (SSSR count). The van der Waals surface area contributed by atoms with Crippen molar-refractivity contribution in [2.45, 2.75) is 32.0 Å². The monoisotopic (exact) mass is 573 g/mol. The van der Waals surface area contributed by atoms with Crippen LogP contribution < -0.4 is 5.32 Å². The van der Waals surface area contributed by atoms with Gasteiger partial charge >= 0.3 is 17.9 Å². The number of carboxylic acids is 3. The molecule has 0 saturated heterocycles. The molecule has 0 bridgehead atoms. The van der Waals surface area contributed by atoms with Crippen LogP contribution in [0.15, 0.2) is 12.2 Å². The highest BCUT2D eigenvalue weighted by molar-refractivity contribution is 6.12. The molecule has 1 heterocycles. The van der Waals surface area contributed by atoms with Crippen LogP contribution in [0.25, 0.3) is 0 Å². The predicted octanol–water partition coefficient (Wildman–Crippen LogP) is -2.94. The fourth-order valence-corrected chi connectivity index (χ4v) is 3.98. The summed E-state index contributed by atoms with van der Waals surface area (Å²) in [4.78, 5) is 74.1. The molecule has 0 aliphatic carbocycles. The van der Waals surface area contributed by atoms with Crippen molar-refractivity contribution in [2.75, 3.05) is 72.0 Å². The van der Waals surface area contributed by atoms with E-state index in [0.717, 1.165) is 12.8 Å². The van der Waals surface area contributed by atoms with Gasteiger partial charge in [-0.3, -0.25) is 48.4 Å². The molecule has 1 aliphatic rings. The number of hydrogen-bond donors (Lipinski definition) is 6. The predicted molar refractivity (Wildman–Crippen MR) is 138 cm³/mol. The van der Waals surface area contributed by atoms with Crippen molar-refractivity contribution in [2.24, 2.45) is 0 Å². The molecule has 226 valence electrons. The molecule has 0 fully saturated rings. The Labute approximate surface area is 231 Å². The first-order valence-electron chi connectivity index (χ1n) is 12.9. The van der Waals surface area contributed by atoms with Gasteiger partial charge in [0.2, 0.25) is 5.91 Å². The van der Waals surface area contributed by atoms with Crippen LogP contribution >= 0.6 is 0 Å². The molecule has 1 aliphatic heterocycles. The van der Waals surface area contributed by atoms with Crippen molar-refractivity contribution >= 4 is 35.6 Å². The van der Waals surface area contributed by atoms with Crippen molar-refractivity contribution in [3.63, 3.8) is 0 Å². The molecule has 0 aromatic rings. The van der Waals surface area contributed by atoms with Gasteiger partial charge < -0.3 is 30.8 Å². The molecule has 40 heavy (non-hydrogen) atoms. The zero-order chi connectivity index (χ0) is 30.1. The number of rotatable bonds is 23. The molecule has 0 saturated carbocycles. The normalized spacial score (nSPS) is 13.3. The van der Waals surface area contributed by atoms with Gasteiger partial charge in [0.15, 0.2) is 6.29 Å². The summed E-state index contributed by atoms with van der Waals surface area (Å²) in [6.07, 6.45) is 3.47. The van der Waals surface area contributed by atoms with E-state index in [-0.39, 0.29) is 51.1 Å². The highest BCUT2D eigenvalue weighted by Gasteiger charge is 2.22. The average molecular weight is 574 g/mol. The third kappa shape index (κ3) is 15.8. The van der Waals surface area contributed by atoms with Gasteiger partial charge in [0.1, 0.15) is 0 Å². The fraction of sp³-hybridized carbons (Fsp3) is 0.667. The van der Waals surface area contributed by atoms with Crippen molar-refractivity contribution in [1.82, 2.24) is 24.9 Å². The Balaban J connectivity index is 2.46.